The van der Waals surface area contributed by atoms with Gasteiger partial charge in [-0.2, -0.15) is 132 Å². The molecule has 450 valence electrons. The quantitative estimate of drug-likeness (QED) is 0.0257. The first kappa shape index (κ1) is 66.5. The molecule has 0 aliphatic rings. The van der Waals surface area contributed by atoms with Gasteiger partial charge in [0.1, 0.15) is 6.15 Å². The first-order valence-corrected chi connectivity index (χ1v) is 23.9. The van der Waals surface area contributed by atoms with E-state index in [4.69, 9.17) is 4.74 Å². The fourth-order valence-corrected chi connectivity index (χ4v) is 8.71. The van der Waals surface area contributed by atoms with Gasteiger partial charge in [-0.1, -0.05) is 118 Å². The number of unbranched alkanes of at least 4 members (excludes halogenated alkanes) is 5. The van der Waals surface area contributed by atoms with Crippen molar-refractivity contribution in [2.24, 2.45) is 0 Å². The van der Waals surface area contributed by atoms with Gasteiger partial charge in [0.05, 0.1) is 57.3 Å². The van der Waals surface area contributed by atoms with Crippen molar-refractivity contribution < 1.29 is 124 Å². The second-order valence-electron chi connectivity index (χ2n) is 18.5. The highest BCUT2D eigenvalue weighted by atomic mass is 19.4. The van der Waals surface area contributed by atoms with Crippen molar-refractivity contribution in [3.05, 3.63) is 177 Å². The molecule has 0 radical (unpaired) electrons. The van der Waals surface area contributed by atoms with E-state index in [0.717, 1.165) is 12.8 Å². The number of rotatable bonds is 15. The minimum Gasteiger partial charge on any atom is -0.461 e. The third-order valence-electron chi connectivity index (χ3n) is 12.6. The van der Waals surface area contributed by atoms with Crippen LogP contribution in [0.2, 0.25) is 0 Å². The first-order chi connectivity index (χ1) is 38.0. The van der Waals surface area contributed by atoms with E-state index in [9.17, 15) is 115 Å². The van der Waals surface area contributed by atoms with Gasteiger partial charge in [0.2, 0.25) is 24.2 Å². The number of carbonyl (C=O) groups is 2. The van der Waals surface area contributed by atoms with Crippen LogP contribution in [0, 0.1) is 0 Å². The first-order valence-electron chi connectivity index (χ1n) is 23.9. The second kappa shape index (κ2) is 24.9. The van der Waals surface area contributed by atoms with Gasteiger partial charge in [0.15, 0.2) is 6.20 Å². The summed E-state index contributed by atoms with van der Waals surface area (Å²) in [5.74, 6) is -0.465. The molecule has 0 N–H and O–H groups in total. The number of ether oxygens (including phenoxy) is 1. The molecule has 0 aliphatic heterocycles. The Balaban J connectivity index is 0.000000403. The Morgan fingerprint density at radius 2 is 0.735 bits per heavy atom. The van der Waals surface area contributed by atoms with E-state index in [-0.39, 0.29) is 18.0 Å². The minimum absolute atomic E-state index is 0.0202. The van der Waals surface area contributed by atoms with Crippen LogP contribution in [-0.4, -0.2) is 29.5 Å². The number of aromatic nitrogens is 2. The van der Waals surface area contributed by atoms with Crippen molar-refractivity contribution in [1.29, 1.82) is 0 Å². The number of halogens is 24. The summed E-state index contributed by atoms with van der Waals surface area (Å²) in [6.45, 7) is 2.75. The van der Waals surface area contributed by atoms with Crippen LogP contribution in [0.25, 0.3) is 0 Å². The Kier molecular flexibility index (Phi) is 19.9. The van der Waals surface area contributed by atoms with Crippen LogP contribution in [0.5, 0.6) is 0 Å². The third kappa shape index (κ3) is 17.2. The van der Waals surface area contributed by atoms with Crippen LogP contribution in [-0.2, 0) is 60.7 Å². The number of ketones is 1. The summed E-state index contributed by atoms with van der Waals surface area (Å²) in [5, 5.41) is 0. The molecule has 83 heavy (non-hydrogen) atoms. The summed E-state index contributed by atoms with van der Waals surface area (Å²) in [4.78, 5) is 28.4. The van der Waals surface area contributed by atoms with Crippen molar-refractivity contribution >= 4 is 39.7 Å². The normalized spacial score (nSPS) is 13.1. The lowest BCUT2D eigenvalue weighted by atomic mass is 9.12. The van der Waals surface area contributed by atoms with E-state index in [0.29, 0.717) is 12.2 Å². The lowest BCUT2D eigenvalue weighted by Crippen LogP contribution is -2.75. The van der Waals surface area contributed by atoms with E-state index < -0.39 is 201 Å². The summed E-state index contributed by atoms with van der Waals surface area (Å²) >= 11 is 0. The van der Waals surface area contributed by atoms with Crippen molar-refractivity contribution in [2.45, 2.75) is 101 Å². The number of alkyl halides is 24. The van der Waals surface area contributed by atoms with Crippen LogP contribution in [0.15, 0.2) is 122 Å². The van der Waals surface area contributed by atoms with E-state index in [1.807, 2.05) is 18.2 Å². The van der Waals surface area contributed by atoms with E-state index in [1.165, 1.54) is 31.9 Å². The molecule has 5 nitrogen and oxygen atoms in total. The zero-order valence-electron chi connectivity index (χ0n) is 42.0. The molecule has 0 spiro atoms. The second-order valence-corrected chi connectivity index (χ2v) is 18.5. The smallest absolute Gasteiger partial charge is 0.416 e. The SMILES string of the molecule is CCCCCCCCOC(=O)c1c[n+](CC(=O)c2ccccc2)ccn1.FC(F)(F)c1cc([B-](c2cc(C(F)(F)F)cc(C(F)(F)F)c2)(c2cc(C(F)(F)F)cc(C(F)(F)F)c2)c2cc(C(F)(F)F)cc(C(F)(F)F)c2)cc(C(F)(F)F)c1. The molecular formula is C53H39BF24N2O3. The van der Waals surface area contributed by atoms with Gasteiger partial charge in [-0.25, -0.2) is 9.78 Å². The molecule has 0 atom stereocenters. The molecule has 0 saturated heterocycles. The molecule has 0 saturated carbocycles. The largest absolute Gasteiger partial charge is 0.461 e. The average Bonchev–Trinajstić information content (AvgIpc) is 2.34. The number of Topliss-reactive ketones (excluding diaryl/α,β-unsaturated/α-hetero) is 1. The van der Waals surface area contributed by atoms with E-state index >= 15 is 0 Å². The number of nitrogens with zero attached hydrogens (tertiary/aromatic N) is 2. The molecule has 0 fully saturated rings. The van der Waals surface area contributed by atoms with Crippen molar-refractivity contribution in [3.8, 4) is 0 Å². The number of hydrogen-bond acceptors (Lipinski definition) is 4. The summed E-state index contributed by atoms with van der Waals surface area (Å²) in [6.07, 6.45) is -43.2. The van der Waals surface area contributed by atoms with Crippen LogP contribution in [0.3, 0.4) is 0 Å². The topological polar surface area (TPSA) is 60.1 Å². The van der Waals surface area contributed by atoms with Gasteiger partial charge in [0.25, 0.3) is 0 Å². The number of carbonyl (C=O) groups excluding carboxylic acids is 2. The Bertz CT molecular complexity index is 2790. The molecule has 0 unspecified atom stereocenters. The summed E-state index contributed by atoms with van der Waals surface area (Å²) in [6, 6.07) is 0.272. The van der Waals surface area contributed by atoms with E-state index in [2.05, 4.69) is 11.9 Å². The molecule has 30 heteroatoms. The lowest BCUT2D eigenvalue weighted by molar-refractivity contribution is -0.683. The van der Waals surface area contributed by atoms with E-state index in [1.54, 1.807) is 29.1 Å². The molecule has 0 bridgehead atoms. The standard InChI is InChI=1S/C32H12BF24.C21H27N2O3/c34-25(35,36)13-1-14(26(37,38)39)6-21(5-13)33(22-7-15(27(40,41)42)2-16(8-22)28(43,44)45,23-9-17(29(46,47)48)3-18(10-23)30(49,50)51)24-11-19(31(52,53)54)4-20(12-24)32(55,56)57;1-2-3-4-5-6-10-15-26-21(25)19-16-23(14-13-22-19)17-20(24)18-11-8-7-9-12-18/h1-12H;7-9,11-14,16H,2-6,10,15,17H2,1H3/q-1;+1. The number of esters is 1. The van der Waals surface area contributed by atoms with Gasteiger partial charge in [-0.3, -0.25) is 4.79 Å². The van der Waals surface area contributed by atoms with Crippen LogP contribution < -0.4 is 26.4 Å². The highest BCUT2D eigenvalue weighted by molar-refractivity contribution is 7.20. The zero-order valence-corrected chi connectivity index (χ0v) is 42.0. The van der Waals surface area contributed by atoms with Gasteiger partial charge in [-0.05, 0) is 30.7 Å². The maximum Gasteiger partial charge on any atom is 0.416 e. The Labute approximate surface area is 453 Å². The maximum atomic E-state index is 14.2. The predicted octanol–water partition coefficient (Wildman–Crippen LogP) is 15.0. The minimum atomic E-state index is -6.13. The number of benzene rings is 5. The van der Waals surface area contributed by atoms with Gasteiger partial charge in [0, 0.05) is 5.56 Å². The maximum absolute atomic E-state index is 14.2. The zero-order chi connectivity index (χ0) is 62.5. The fourth-order valence-electron chi connectivity index (χ4n) is 8.71. The molecule has 5 aromatic carbocycles. The van der Waals surface area contributed by atoms with Crippen molar-refractivity contribution in [3.63, 3.8) is 0 Å². The highest BCUT2D eigenvalue weighted by Crippen LogP contribution is 2.41. The molecule has 0 aliphatic carbocycles. The molecule has 6 rings (SSSR count). The molecule has 0 amide bonds. The van der Waals surface area contributed by atoms with Gasteiger partial charge in [-0.15, -0.1) is 0 Å². The van der Waals surface area contributed by atoms with Crippen LogP contribution in [0.1, 0.15) is 111 Å². The average molecular weight is 1220 g/mol. The lowest BCUT2D eigenvalue weighted by Gasteiger charge is -2.46. The van der Waals surface area contributed by atoms with Crippen LogP contribution in [0.4, 0.5) is 105 Å². The molecule has 1 aromatic heterocycles. The Morgan fingerprint density at radius 1 is 0.434 bits per heavy atom. The van der Waals surface area contributed by atoms with Crippen molar-refractivity contribution in [2.75, 3.05) is 6.61 Å². The van der Waals surface area contributed by atoms with Crippen LogP contribution >= 0.6 is 0 Å². The Morgan fingerprint density at radius 3 is 1.04 bits per heavy atom. The highest BCUT2D eigenvalue weighted by Gasteiger charge is 2.47. The third-order valence-corrected chi connectivity index (χ3v) is 12.6. The summed E-state index contributed by atoms with van der Waals surface area (Å²) in [7, 11) is 0. The number of hydrogen-bond donors (Lipinski definition) is 0. The molecule has 6 aromatic rings. The predicted molar refractivity (Wildman–Crippen MR) is 249 cm³/mol. The summed E-state index contributed by atoms with van der Waals surface area (Å²) in [5.41, 5.74) is -29.3. The molecular weight excluding hydrogens is 1180 g/mol. The van der Waals surface area contributed by atoms with Gasteiger partial charge >= 0.3 is 55.4 Å². The van der Waals surface area contributed by atoms with Gasteiger partial charge < -0.3 is 4.74 Å². The molecule has 1 heterocycles. The summed E-state index contributed by atoms with van der Waals surface area (Å²) < 4.78 is 348. The fraction of sp³-hybridized carbons (Fsp3) is 0.321. The Hall–Kier alpha value is -7.30. The monoisotopic (exact) mass is 1220 g/mol. The van der Waals surface area contributed by atoms with Crippen molar-refractivity contribution in [1.82, 2.24) is 4.98 Å².